The Morgan fingerprint density at radius 3 is 2.42 bits per heavy atom. The van der Waals surface area contributed by atoms with Gasteiger partial charge in [-0.05, 0) is 35.1 Å². The zero-order valence-electron chi connectivity index (χ0n) is 14.8. The Morgan fingerprint density at radius 2 is 1.81 bits per heavy atom. The minimum absolute atomic E-state index is 0.0562. The molecule has 8 heteroatoms. The summed E-state index contributed by atoms with van der Waals surface area (Å²) in [5.74, 6) is -0.00792. The fourth-order valence-corrected chi connectivity index (χ4v) is 5.44. The highest BCUT2D eigenvalue weighted by molar-refractivity contribution is 7.89. The van der Waals surface area contributed by atoms with Crippen molar-refractivity contribution in [2.75, 3.05) is 31.6 Å². The second-order valence-electron chi connectivity index (χ2n) is 6.36. The van der Waals surface area contributed by atoms with Crippen molar-refractivity contribution in [3.8, 4) is 0 Å². The Bertz CT molecular complexity index is 867. The van der Waals surface area contributed by atoms with Gasteiger partial charge in [0.25, 0.3) is 5.91 Å². The van der Waals surface area contributed by atoms with Gasteiger partial charge < -0.3 is 10.1 Å². The van der Waals surface area contributed by atoms with Crippen molar-refractivity contribution in [2.24, 2.45) is 0 Å². The average molecular weight is 395 g/mol. The molecule has 0 saturated carbocycles. The molecular weight excluding hydrogens is 372 g/mol. The van der Waals surface area contributed by atoms with E-state index in [0.29, 0.717) is 37.9 Å². The number of sulfonamides is 1. The van der Waals surface area contributed by atoms with Gasteiger partial charge in [0, 0.05) is 18.8 Å². The van der Waals surface area contributed by atoms with Crippen LogP contribution in [0, 0.1) is 0 Å². The monoisotopic (exact) mass is 394 g/mol. The first kappa shape index (κ1) is 19.0. The third-order valence-electron chi connectivity index (χ3n) is 4.26. The van der Waals surface area contributed by atoms with Crippen LogP contribution in [0.1, 0.15) is 35.0 Å². The number of rotatable bonds is 5. The molecule has 1 aliphatic heterocycles. The first-order chi connectivity index (χ1) is 12.4. The molecule has 3 rings (SSSR count). The summed E-state index contributed by atoms with van der Waals surface area (Å²) in [5.41, 5.74) is 1.82. The van der Waals surface area contributed by atoms with Gasteiger partial charge in [0.2, 0.25) is 10.0 Å². The molecule has 1 fully saturated rings. The van der Waals surface area contributed by atoms with E-state index in [9.17, 15) is 13.2 Å². The molecule has 0 atom stereocenters. The van der Waals surface area contributed by atoms with Crippen LogP contribution in [-0.4, -0.2) is 44.9 Å². The Balaban J connectivity index is 1.80. The predicted molar refractivity (Wildman–Crippen MR) is 102 cm³/mol. The molecule has 0 unspecified atom stereocenters. The van der Waals surface area contributed by atoms with Crippen molar-refractivity contribution in [3.05, 3.63) is 46.2 Å². The van der Waals surface area contributed by atoms with Crippen LogP contribution in [0.5, 0.6) is 0 Å². The van der Waals surface area contributed by atoms with E-state index in [2.05, 4.69) is 19.2 Å². The maximum Gasteiger partial charge on any atom is 0.267 e. The molecule has 140 valence electrons. The number of benzene rings is 1. The van der Waals surface area contributed by atoms with Gasteiger partial charge in [0.15, 0.2) is 0 Å². The number of hydrogen-bond donors (Lipinski definition) is 1. The molecule has 0 spiro atoms. The van der Waals surface area contributed by atoms with Crippen molar-refractivity contribution < 1.29 is 17.9 Å². The minimum Gasteiger partial charge on any atom is -0.379 e. The van der Waals surface area contributed by atoms with Crippen LogP contribution in [0.15, 0.2) is 40.6 Å². The van der Waals surface area contributed by atoms with Crippen LogP contribution in [0.2, 0.25) is 0 Å². The summed E-state index contributed by atoms with van der Waals surface area (Å²) in [4.78, 5) is 12.9. The summed E-state index contributed by atoms with van der Waals surface area (Å²) in [7, 11) is -3.70. The molecule has 1 N–H and O–H groups in total. The van der Waals surface area contributed by atoms with Gasteiger partial charge in [-0.15, -0.1) is 11.3 Å². The van der Waals surface area contributed by atoms with Gasteiger partial charge in [0.1, 0.15) is 9.77 Å². The van der Waals surface area contributed by atoms with Gasteiger partial charge in [-0.3, -0.25) is 4.79 Å². The SMILES string of the molecule is CC(C)c1ccc(NC(=O)c2sccc2S(=O)(=O)N2CCOCC2)cc1. The molecule has 0 aliphatic carbocycles. The highest BCUT2D eigenvalue weighted by atomic mass is 32.2. The summed E-state index contributed by atoms with van der Waals surface area (Å²) in [6, 6.07) is 9.07. The van der Waals surface area contributed by atoms with E-state index >= 15 is 0 Å². The Hall–Kier alpha value is -1.74. The van der Waals surface area contributed by atoms with E-state index in [4.69, 9.17) is 4.74 Å². The summed E-state index contributed by atoms with van der Waals surface area (Å²) in [5, 5.41) is 4.42. The van der Waals surface area contributed by atoms with Crippen LogP contribution in [0.3, 0.4) is 0 Å². The summed E-state index contributed by atoms with van der Waals surface area (Å²) < 4.78 is 32.3. The van der Waals surface area contributed by atoms with E-state index in [1.807, 2.05) is 24.3 Å². The first-order valence-corrected chi connectivity index (χ1v) is 10.8. The Kier molecular flexibility index (Phi) is 5.76. The number of carbonyl (C=O) groups excluding carboxylic acids is 1. The van der Waals surface area contributed by atoms with Gasteiger partial charge in [0.05, 0.1) is 13.2 Å². The zero-order valence-corrected chi connectivity index (χ0v) is 16.4. The number of hydrogen-bond acceptors (Lipinski definition) is 5. The van der Waals surface area contributed by atoms with E-state index in [1.54, 1.807) is 5.38 Å². The van der Waals surface area contributed by atoms with Gasteiger partial charge in [-0.2, -0.15) is 4.31 Å². The lowest BCUT2D eigenvalue weighted by atomic mass is 10.0. The smallest absolute Gasteiger partial charge is 0.267 e. The molecule has 1 aliphatic rings. The molecule has 0 bridgehead atoms. The van der Waals surface area contributed by atoms with E-state index in [-0.39, 0.29) is 9.77 Å². The van der Waals surface area contributed by atoms with Crippen molar-refractivity contribution >= 4 is 33.0 Å². The second kappa shape index (κ2) is 7.87. The fraction of sp³-hybridized carbons (Fsp3) is 0.389. The molecule has 0 radical (unpaired) electrons. The molecule has 1 amide bonds. The third kappa shape index (κ3) is 3.98. The van der Waals surface area contributed by atoms with Gasteiger partial charge in [-0.1, -0.05) is 26.0 Å². The third-order valence-corrected chi connectivity index (χ3v) is 7.24. The van der Waals surface area contributed by atoms with Crippen molar-refractivity contribution in [1.29, 1.82) is 0 Å². The number of nitrogens with one attached hydrogen (secondary N) is 1. The maximum atomic E-state index is 12.8. The Labute approximate surface area is 157 Å². The summed E-state index contributed by atoms with van der Waals surface area (Å²) >= 11 is 1.13. The topological polar surface area (TPSA) is 75.7 Å². The van der Waals surface area contributed by atoms with Crippen LogP contribution < -0.4 is 5.32 Å². The zero-order chi connectivity index (χ0) is 18.7. The van der Waals surface area contributed by atoms with Crippen LogP contribution in [0.25, 0.3) is 0 Å². The normalized spacial score (nSPS) is 16.0. The number of morpholine rings is 1. The van der Waals surface area contributed by atoms with E-state index in [0.717, 1.165) is 11.3 Å². The molecule has 26 heavy (non-hydrogen) atoms. The lowest BCUT2D eigenvalue weighted by Crippen LogP contribution is -2.41. The summed E-state index contributed by atoms with van der Waals surface area (Å²) in [6.07, 6.45) is 0. The number of anilines is 1. The summed E-state index contributed by atoms with van der Waals surface area (Å²) in [6.45, 7) is 5.54. The highest BCUT2D eigenvalue weighted by Crippen LogP contribution is 2.27. The van der Waals surface area contributed by atoms with Crippen LogP contribution in [-0.2, 0) is 14.8 Å². The molecule has 1 aromatic heterocycles. The van der Waals surface area contributed by atoms with E-state index in [1.165, 1.54) is 15.9 Å². The first-order valence-electron chi connectivity index (χ1n) is 8.46. The molecule has 6 nitrogen and oxygen atoms in total. The largest absolute Gasteiger partial charge is 0.379 e. The lowest BCUT2D eigenvalue weighted by molar-refractivity contribution is 0.0730. The minimum atomic E-state index is -3.70. The standard InChI is InChI=1S/C18H22N2O4S2/c1-13(2)14-3-5-15(6-4-14)19-18(21)17-16(7-12-25-17)26(22,23)20-8-10-24-11-9-20/h3-7,12-13H,8-11H2,1-2H3,(H,19,21). The molecule has 1 saturated heterocycles. The molecule has 2 aromatic rings. The molecular formula is C18H22N2O4S2. The quantitative estimate of drug-likeness (QED) is 0.845. The van der Waals surface area contributed by atoms with Crippen molar-refractivity contribution in [1.82, 2.24) is 4.31 Å². The molecule has 1 aromatic carbocycles. The average Bonchev–Trinajstić information content (AvgIpc) is 3.14. The predicted octanol–water partition coefficient (Wildman–Crippen LogP) is 3.14. The number of carbonyl (C=O) groups is 1. The number of amides is 1. The maximum absolute atomic E-state index is 12.8. The number of thiophene rings is 1. The van der Waals surface area contributed by atoms with E-state index < -0.39 is 15.9 Å². The highest BCUT2D eigenvalue weighted by Gasteiger charge is 2.31. The lowest BCUT2D eigenvalue weighted by Gasteiger charge is -2.26. The Morgan fingerprint density at radius 1 is 1.15 bits per heavy atom. The van der Waals surface area contributed by atoms with Crippen LogP contribution >= 0.6 is 11.3 Å². The van der Waals surface area contributed by atoms with Crippen molar-refractivity contribution in [2.45, 2.75) is 24.7 Å². The second-order valence-corrected chi connectivity index (χ2v) is 9.18. The van der Waals surface area contributed by atoms with Gasteiger partial charge in [-0.25, -0.2) is 8.42 Å². The fourth-order valence-electron chi connectivity index (χ4n) is 2.73. The molecule has 2 heterocycles. The van der Waals surface area contributed by atoms with Gasteiger partial charge >= 0.3 is 0 Å². The number of ether oxygens (including phenoxy) is 1. The van der Waals surface area contributed by atoms with Crippen molar-refractivity contribution in [3.63, 3.8) is 0 Å². The number of nitrogens with zero attached hydrogens (tertiary/aromatic N) is 1. The van der Waals surface area contributed by atoms with Crippen LogP contribution in [0.4, 0.5) is 5.69 Å².